The molecule has 0 aliphatic carbocycles. The van der Waals surface area contributed by atoms with Gasteiger partial charge >= 0.3 is 0 Å². The molecule has 0 bridgehead atoms. The molecule has 0 heterocycles. The lowest BCUT2D eigenvalue weighted by atomic mass is 10.1. The first-order valence-corrected chi connectivity index (χ1v) is 6.10. The van der Waals surface area contributed by atoms with Crippen molar-refractivity contribution in [1.29, 1.82) is 0 Å². The lowest BCUT2D eigenvalue weighted by molar-refractivity contribution is 0.479. The molecule has 106 valence electrons. The molecule has 0 aliphatic rings. The van der Waals surface area contributed by atoms with Crippen LogP contribution < -0.4 is 5.32 Å². The van der Waals surface area contributed by atoms with E-state index in [4.69, 9.17) is 0 Å². The second-order valence-electron chi connectivity index (χ2n) is 4.48. The molecule has 1 nitrogen and oxygen atoms in total. The fourth-order valence-electron chi connectivity index (χ4n) is 1.90. The summed E-state index contributed by atoms with van der Waals surface area (Å²) in [4.78, 5) is 0. The van der Waals surface area contributed by atoms with Crippen LogP contribution in [0.3, 0.4) is 0 Å². The van der Waals surface area contributed by atoms with Crippen LogP contribution in [-0.2, 0) is 6.54 Å². The fourth-order valence-corrected chi connectivity index (χ4v) is 1.90. The van der Waals surface area contributed by atoms with Crippen LogP contribution in [0.15, 0.2) is 36.4 Å². The average molecular weight is 283 g/mol. The number of rotatable bonds is 4. The molecule has 0 saturated heterocycles. The highest BCUT2D eigenvalue weighted by Gasteiger charge is 2.13. The van der Waals surface area contributed by atoms with Crippen molar-refractivity contribution in [3.8, 4) is 0 Å². The van der Waals surface area contributed by atoms with Crippen molar-refractivity contribution in [3.05, 3.63) is 70.8 Å². The highest BCUT2D eigenvalue weighted by atomic mass is 19.2. The van der Waals surface area contributed by atoms with E-state index in [0.29, 0.717) is 11.6 Å². The van der Waals surface area contributed by atoms with Gasteiger partial charge in [0, 0.05) is 29.8 Å². The van der Waals surface area contributed by atoms with Crippen LogP contribution in [0.5, 0.6) is 0 Å². The smallest absolute Gasteiger partial charge is 0.161 e. The van der Waals surface area contributed by atoms with Gasteiger partial charge in [-0.25, -0.2) is 17.6 Å². The summed E-state index contributed by atoms with van der Waals surface area (Å²) < 4.78 is 52.8. The first-order chi connectivity index (χ1) is 9.49. The Kier molecular flexibility index (Phi) is 4.39. The zero-order chi connectivity index (χ0) is 14.7. The third-order valence-corrected chi connectivity index (χ3v) is 3.06. The maximum atomic E-state index is 13.5. The molecular weight excluding hydrogens is 270 g/mol. The van der Waals surface area contributed by atoms with Gasteiger partial charge in [-0.15, -0.1) is 0 Å². The van der Waals surface area contributed by atoms with E-state index < -0.39 is 17.5 Å². The Labute approximate surface area is 114 Å². The third kappa shape index (κ3) is 3.17. The summed E-state index contributed by atoms with van der Waals surface area (Å²) in [7, 11) is 0. The average Bonchev–Trinajstić information content (AvgIpc) is 2.41. The number of nitrogens with one attached hydrogen (secondary N) is 1. The molecule has 20 heavy (non-hydrogen) atoms. The normalized spacial score (nSPS) is 12.4. The summed E-state index contributed by atoms with van der Waals surface area (Å²) in [6.07, 6.45) is 0. The lowest BCUT2D eigenvalue weighted by Crippen LogP contribution is -2.20. The predicted octanol–water partition coefficient (Wildman–Crippen LogP) is 4.09. The number of hydrogen-bond donors (Lipinski definition) is 1. The van der Waals surface area contributed by atoms with Gasteiger partial charge < -0.3 is 5.32 Å². The SMILES string of the molecule is CC(NCc1cc(F)c(F)cc1F)c1ccccc1F. The fraction of sp³-hybridized carbons (Fsp3) is 0.200. The Balaban J connectivity index is 2.09. The van der Waals surface area contributed by atoms with E-state index in [0.717, 1.165) is 6.07 Å². The molecule has 0 fully saturated rings. The molecule has 1 atom stereocenters. The quantitative estimate of drug-likeness (QED) is 0.658. The summed E-state index contributed by atoms with van der Waals surface area (Å²) in [6, 6.07) is 7.10. The number of hydrogen-bond acceptors (Lipinski definition) is 1. The zero-order valence-electron chi connectivity index (χ0n) is 10.8. The second-order valence-corrected chi connectivity index (χ2v) is 4.48. The van der Waals surface area contributed by atoms with Gasteiger partial charge in [0.2, 0.25) is 0 Å². The van der Waals surface area contributed by atoms with Crippen LogP contribution in [0, 0.1) is 23.3 Å². The minimum atomic E-state index is -1.23. The Hall–Kier alpha value is -1.88. The Morgan fingerprint density at radius 2 is 1.55 bits per heavy atom. The van der Waals surface area contributed by atoms with Gasteiger partial charge in [-0.2, -0.15) is 0 Å². The van der Waals surface area contributed by atoms with E-state index in [1.165, 1.54) is 6.07 Å². The van der Waals surface area contributed by atoms with Gasteiger partial charge in [0.1, 0.15) is 11.6 Å². The molecule has 0 amide bonds. The molecular formula is C15H13F4N. The van der Waals surface area contributed by atoms with Crippen molar-refractivity contribution in [2.24, 2.45) is 0 Å². The van der Waals surface area contributed by atoms with E-state index in [9.17, 15) is 17.6 Å². The highest BCUT2D eigenvalue weighted by molar-refractivity contribution is 5.22. The predicted molar refractivity (Wildman–Crippen MR) is 68.0 cm³/mol. The zero-order valence-corrected chi connectivity index (χ0v) is 10.8. The molecule has 0 saturated carbocycles. The van der Waals surface area contributed by atoms with E-state index in [2.05, 4.69) is 5.32 Å². The van der Waals surface area contributed by atoms with Crippen LogP contribution in [0.25, 0.3) is 0 Å². The molecule has 2 aromatic carbocycles. The molecule has 0 aliphatic heterocycles. The van der Waals surface area contributed by atoms with Crippen molar-refractivity contribution in [2.45, 2.75) is 19.5 Å². The van der Waals surface area contributed by atoms with E-state index in [-0.39, 0.29) is 24.0 Å². The van der Waals surface area contributed by atoms with Gasteiger partial charge in [0.15, 0.2) is 11.6 Å². The van der Waals surface area contributed by atoms with Crippen LogP contribution >= 0.6 is 0 Å². The minimum absolute atomic E-state index is 0.00732. The monoisotopic (exact) mass is 283 g/mol. The topological polar surface area (TPSA) is 12.0 Å². The number of halogens is 4. The molecule has 0 spiro atoms. The largest absolute Gasteiger partial charge is 0.306 e. The molecule has 2 aromatic rings. The molecule has 0 aromatic heterocycles. The first kappa shape index (κ1) is 14.5. The van der Waals surface area contributed by atoms with Crippen molar-refractivity contribution >= 4 is 0 Å². The van der Waals surface area contributed by atoms with E-state index in [1.54, 1.807) is 25.1 Å². The third-order valence-electron chi connectivity index (χ3n) is 3.06. The highest BCUT2D eigenvalue weighted by Crippen LogP contribution is 2.18. The summed E-state index contributed by atoms with van der Waals surface area (Å²) in [6.45, 7) is 1.68. The molecule has 2 rings (SSSR count). The summed E-state index contributed by atoms with van der Waals surface area (Å²) >= 11 is 0. The summed E-state index contributed by atoms with van der Waals surface area (Å²) in [5, 5.41) is 2.87. The maximum Gasteiger partial charge on any atom is 0.161 e. The van der Waals surface area contributed by atoms with Gasteiger partial charge in [0.25, 0.3) is 0 Å². The molecule has 1 unspecified atom stereocenters. The van der Waals surface area contributed by atoms with Crippen LogP contribution in [0.4, 0.5) is 17.6 Å². The lowest BCUT2D eigenvalue weighted by Gasteiger charge is -2.15. The first-order valence-electron chi connectivity index (χ1n) is 6.10. The minimum Gasteiger partial charge on any atom is -0.306 e. The molecule has 5 heteroatoms. The van der Waals surface area contributed by atoms with E-state index >= 15 is 0 Å². The van der Waals surface area contributed by atoms with Crippen molar-refractivity contribution in [1.82, 2.24) is 5.32 Å². The van der Waals surface area contributed by atoms with Gasteiger partial charge in [-0.3, -0.25) is 0 Å². The Morgan fingerprint density at radius 1 is 0.900 bits per heavy atom. The molecule has 1 N–H and O–H groups in total. The Morgan fingerprint density at radius 3 is 2.25 bits per heavy atom. The van der Waals surface area contributed by atoms with Crippen LogP contribution in [0.2, 0.25) is 0 Å². The van der Waals surface area contributed by atoms with Gasteiger partial charge in [0.05, 0.1) is 0 Å². The maximum absolute atomic E-state index is 13.5. The van der Waals surface area contributed by atoms with Gasteiger partial charge in [-0.05, 0) is 19.1 Å². The van der Waals surface area contributed by atoms with Crippen molar-refractivity contribution in [2.75, 3.05) is 0 Å². The number of benzene rings is 2. The second kappa shape index (κ2) is 6.05. The van der Waals surface area contributed by atoms with Crippen LogP contribution in [0.1, 0.15) is 24.1 Å². The van der Waals surface area contributed by atoms with Crippen LogP contribution in [-0.4, -0.2) is 0 Å². The van der Waals surface area contributed by atoms with E-state index in [1.807, 2.05) is 0 Å². The Bertz CT molecular complexity index is 613. The molecule has 0 radical (unpaired) electrons. The van der Waals surface area contributed by atoms with Gasteiger partial charge in [-0.1, -0.05) is 18.2 Å². The van der Waals surface area contributed by atoms with Crippen molar-refractivity contribution < 1.29 is 17.6 Å². The van der Waals surface area contributed by atoms with Crippen molar-refractivity contribution in [3.63, 3.8) is 0 Å². The summed E-state index contributed by atoms with van der Waals surface area (Å²) in [5.74, 6) is -3.55. The summed E-state index contributed by atoms with van der Waals surface area (Å²) in [5.41, 5.74) is 0.419. The standard InChI is InChI=1S/C15H13F4N/c1-9(11-4-2-3-5-12(11)16)20-8-10-6-14(18)15(19)7-13(10)17/h2-7,9,20H,8H2,1H3.